The molecule has 1 aliphatic rings. The predicted molar refractivity (Wildman–Crippen MR) is 142 cm³/mol. The zero-order valence-electron chi connectivity index (χ0n) is 21.4. The largest absolute Gasteiger partial charge is 0.507 e. The van der Waals surface area contributed by atoms with E-state index in [-0.39, 0.29) is 27.9 Å². The summed E-state index contributed by atoms with van der Waals surface area (Å²) < 4.78 is 5.34. The zero-order valence-corrected chi connectivity index (χ0v) is 21.4. The first-order valence-electron chi connectivity index (χ1n) is 12.0. The average molecular weight is 485 g/mol. The summed E-state index contributed by atoms with van der Waals surface area (Å²) in [4.78, 5) is 24.5. The SMILES string of the molecule is COc1ccc(-c2cc(C(=O)C=Cc3ccc(C(=O)O)c(O)c3)cc3c2C(C)(C)CCC3(C)C)cc1. The van der Waals surface area contributed by atoms with Gasteiger partial charge in [-0.2, -0.15) is 0 Å². The van der Waals surface area contributed by atoms with Gasteiger partial charge in [-0.1, -0.05) is 52.0 Å². The van der Waals surface area contributed by atoms with E-state index >= 15 is 0 Å². The number of carboxylic acids is 1. The lowest BCUT2D eigenvalue weighted by Gasteiger charge is -2.43. The molecule has 3 aromatic rings. The summed E-state index contributed by atoms with van der Waals surface area (Å²) in [7, 11) is 1.64. The van der Waals surface area contributed by atoms with Gasteiger partial charge in [0.15, 0.2) is 5.78 Å². The Balaban J connectivity index is 1.81. The van der Waals surface area contributed by atoms with E-state index in [1.807, 2.05) is 36.4 Å². The third-order valence-corrected chi connectivity index (χ3v) is 7.28. The Morgan fingerprint density at radius 3 is 2.19 bits per heavy atom. The molecule has 0 atom stereocenters. The number of aromatic hydroxyl groups is 1. The topological polar surface area (TPSA) is 83.8 Å². The second-order valence-electron chi connectivity index (χ2n) is 10.7. The van der Waals surface area contributed by atoms with Gasteiger partial charge in [-0.25, -0.2) is 4.79 Å². The monoisotopic (exact) mass is 484 g/mol. The van der Waals surface area contributed by atoms with E-state index in [1.54, 1.807) is 19.3 Å². The molecule has 1 aliphatic carbocycles. The second-order valence-corrected chi connectivity index (χ2v) is 10.7. The summed E-state index contributed by atoms with van der Waals surface area (Å²) >= 11 is 0. The highest BCUT2D eigenvalue weighted by Gasteiger charge is 2.39. The van der Waals surface area contributed by atoms with E-state index in [0.717, 1.165) is 29.7 Å². The van der Waals surface area contributed by atoms with E-state index < -0.39 is 5.97 Å². The van der Waals surface area contributed by atoms with Gasteiger partial charge in [-0.15, -0.1) is 0 Å². The summed E-state index contributed by atoms with van der Waals surface area (Å²) in [5, 5.41) is 19.1. The van der Waals surface area contributed by atoms with Crippen molar-refractivity contribution >= 4 is 17.8 Å². The zero-order chi connectivity index (χ0) is 26.3. The van der Waals surface area contributed by atoms with Crippen LogP contribution in [0.4, 0.5) is 0 Å². The van der Waals surface area contributed by atoms with Crippen molar-refractivity contribution in [3.05, 3.63) is 88.5 Å². The molecule has 186 valence electrons. The number of hydrogen-bond acceptors (Lipinski definition) is 4. The van der Waals surface area contributed by atoms with Gasteiger partial charge in [0, 0.05) is 5.56 Å². The Morgan fingerprint density at radius 1 is 0.917 bits per heavy atom. The van der Waals surface area contributed by atoms with Gasteiger partial charge < -0.3 is 14.9 Å². The van der Waals surface area contributed by atoms with Crippen LogP contribution in [0.25, 0.3) is 17.2 Å². The third-order valence-electron chi connectivity index (χ3n) is 7.28. The third kappa shape index (κ3) is 4.78. The molecule has 0 heterocycles. The Bertz CT molecular complexity index is 1360. The molecule has 0 radical (unpaired) electrons. The molecular weight excluding hydrogens is 452 g/mol. The van der Waals surface area contributed by atoms with Crippen LogP contribution >= 0.6 is 0 Å². The van der Waals surface area contributed by atoms with E-state index in [2.05, 4.69) is 27.7 Å². The van der Waals surface area contributed by atoms with Crippen molar-refractivity contribution in [3.8, 4) is 22.6 Å². The van der Waals surface area contributed by atoms with E-state index in [1.165, 1.54) is 29.3 Å². The molecule has 0 aromatic heterocycles. The lowest BCUT2D eigenvalue weighted by atomic mass is 9.61. The molecule has 3 aromatic carbocycles. The second kappa shape index (κ2) is 9.30. The van der Waals surface area contributed by atoms with Gasteiger partial charge in [-0.3, -0.25) is 4.79 Å². The first-order valence-corrected chi connectivity index (χ1v) is 12.0. The fourth-order valence-corrected chi connectivity index (χ4v) is 5.03. The molecule has 0 spiro atoms. The van der Waals surface area contributed by atoms with Crippen molar-refractivity contribution in [2.75, 3.05) is 7.11 Å². The van der Waals surface area contributed by atoms with Crippen LogP contribution in [-0.2, 0) is 10.8 Å². The van der Waals surface area contributed by atoms with Crippen LogP contribution in [0.3, 0.4) is 0 Å². The maximum atomic E-state index is 13.4. The first kappa shape index (κ1) is 25.2. The summed E-state index contributed by atoms with van der Waals surface area (Å²) in [6.07, 6.45) is 5.14. The van der Waals surface area contributed by atoms with Crippen molar-refractivity contribution < 1.29 is 24.5 Å². The highest BCUT2D eigenvalue weighted by atomic mass is 16.5. The molecule has 0 amide bonds. The van der Waals surface area contributed by atoms with Crippen molar-refractivity contribution in [3.63, 3.8) is 0 Å². The van der Waals surface area contributed by atoms with E-state index in [0.29, 0.717) is 11.1 Å². The number of fused-ring (bicyclic) bond motifs is 1. The number of phenols is 1. The number of hydrogen-bond donors (Lipinski definition) is 2. The molecule has 2 N–H and O–H groups in total. The highest BCUT2D eigenvalue weighted by molar-refractivity contribution is 6.08. The van der Waals surface area contributed by atoms with Crippen molar-refractivity contribution in [1.29, 1.82) is 0 Å². The van der Waals surface area contributed by atoms with Crippen LogP contribution in [0.1, 0.15) is 77.9 Å². The number of methoxy groups -OCH3 is 1. The predicted octanol–water partition coefficient (Wildman–Crippen LogP) is 7.01. The van der Waals surface area contributed by atoms with Crippen LogP contribution in [0.5, 0.6) is 11.5 Å². The number of carbonyl (C=O) groups excluding carboxylic acids is 1. The number of benzene rings is 3. The first-order chi connectivity index (χ1) is 16.9. The lowest BCUT2D eigenvalue weighted by Crippen LogP contribution is -2.34. The quantitative estimate of drug-likeness (QED) is 0.290. The molecule has 0 saturated heterocycles. The van der Waals surface area contributed by atoms with Crippen LogP contribution in [0.2, 0.25) is 0 Å². The van der Waals surface area contributed by atoms with Crippen molar-refractivity contribution in [2.45, 2.75) is 51.4 Å². The van der Waals surface area contributed by atoms with Crippen molar-refractivity contribution in [1.82, 2.24) is 0 Å². The normalized spacial score (nSPS) is 15.9. The van der Waals surface area contributed by atoms with Gasteiger partial charge in [0.2, 0.25) is 0 Å². The Labute approximate surface area is 212 Å². The van der Waals surface area contributed by atoms with E-state index in [9.17, 15) is 14.7 Å². The van der Waals surface area contributed by atoms with Crippen molar-refractivity contribution in [2.24, 2.45) is 0 Å². The Hall–Kier alpha value is -3.86. The summed E-state index contributed by atoms with van der Waals surface area (Å²) in [6.45, 7) is 9.00. The number of allylic oxidation sites excluding steroid dienone is 1. The number of carbonyl (C=O) groups is 2. The Morgan fingerprint density at radius 2 is 1.58 bits per heavy atom. The molecule has 36 heavy (non-hydrogen) atoms. The number of carboxylic acid groups (broad SMARTS) is 1. The fraction of sp³-hybridized carbons (Fsp3) is 0.290. The molecule has 0 unspecified atom stereocenters. The smallest absolute Gasteiger partial charge is 0.339 e. The summed E-state index contributed by atoms with van der Waals surface area (Å²) in [5.41, 5.74) is 5.38. The Kier molecular flexibility index (Phi) is 6.52. The highest BCUT2D eigenvalue weighted by Crippen LogP contribution is 2.50. The van der Waals surface area contributed by atoms with Gasteiger partial charge in [-0.05, 0) is 94.0 Å². The molecule has 0 bridgehead atoms. The van der Waals surface area contributed by atoms with Crippen LogP contribution < -0.4 is 4.74 Å². The summed E-state index contributed by atoms with van der Waals surface area (Å²) in [6, 6.07) is 16.2. The molecule has 5 nitrogen and oxygen atoms in total. The molecule has 5 heteroatoms. The van der Waals surface area contributed by atoms with Gasteiger partial charge in [0.25, 0.3) is 0 Å². The number of rotatable bonds is 6. The van der Waals surface area contributed by atoms with E-state index in [4.69, 9.17) is 9.84 Å². The minimum Gasteiger partial charge on any atom is -0.507 e. The molecule has 0 aliphatic heterocycles. The number of aromatic carboxylic acids is 1. The molecule has 4 rings (SSSR count). The summed E-state index contributed by atoms with van der Waals surface area (Å²) in [5.74, 6) is -0.922. The van der Waals surface area contributed by atoms with Gasteiger partial charge in [0.05, 0.1) is 7.11 Å². The van der Waals surface area contributed by atoms with Crippen LogP contribution in [-0.4, -0.2) is 29.1 Å². The van der Waals surface area contributed by atoms with Crippen LogP contribution in [0, 0.1) is 0 Å². The van der Waals surface area contributed by atoms with Gasteiger partial charge in [0.1, 0.15) is 17.1 Å². The maximum Gasteiger partial charge on any atom is 0.339 e. The molecular formula is C31H32O5. The minimum absolute atomic E-state index is 0.0407. The average Bonchev–Trinajstić information content (AvgIpc) is 2.84. The fourth-order valence-electron chi connectivity index (χ4n) is 5.03. The molecule has 0 saturated carbocycles. The van der Waals surface area contributed by atoms with Gasteiger partial charge >= 0.3 is 5.97 Å². The number of ether oxygens (including phenoxy) is 1. The standard InChI is InChI=1S/C31H32O5/c1-30(2)14-15-31(3,4)28-24(20-8-10-22(36-5)11-9-20)17-21(18-25(28)30)26(32)13-7-19-6-12-23(29(34)35)27(33)16-19/h6-13,16-18,33H,14-15H2,1-5H3,(H,34,35). The van der Waals surface area contributed by atoms with Crippen LogP contribution in [0.15, 0.2) is 60.7 Å². The minimum atomic E-state index is -1.20. The maximum absolute atomic E-state index is 13.4. The molecule has 0 fully saturated rings. The lowest BCUT2D eigenvalue weighted by molar-refractivity contribution is 0.0693. The number of ketones is 1.